The molecule has 0 aromatic carbocycles. The van der Waals surface area contributed by atoms with Crippen LogP contribution in [-0.2, 0) is 6.42 Å². The number of aromatic nitrogens is 4. The van der Waals surface area contributed by atoms with Crippen LogP contribution in [0.2, 0.25) is 0 Å². The van der Waals surface area contributed by atoms with E-state index in [4.69, 9.17) is 25.4 Å². The lowest BCUT2D eigenvalue weighted by Gasteiger charge is -2.30. The number of rotatable bonds is 4. The highest BCUT2D eigenvalue weighted by molar-refractivity contribution is 7.99. The zero-order valence-corrected chi connectivity index (χ0v) is 18.4. The maximum atomic E-state index is 8.13. The third-order valence-electron chi connectivity index (χ3n) is 5.22. The monoisotopic (exact) mass is 421 g/mol. The van der Waals surface area contributed by atoms with Gasteiger partial charge in [0, 0.05) is 31.2 Å². The van der Waals surface area contributed by atoms with Crippen molar-refractivity contribution in [1.29, 1.82) is 0 Å². The van der Waals surface area contributed by atoms with Crippen LogP contribution >= 0.6 is 11.8 Å². The SMILES string of the molecule is CC(C)C(N)NO.Cc1noc(C2CCN(c3nc(C)c4c(n3)CCS4)CC2)n1. The number of hydrogen-bond donors (Lipinski definition) is 3. The Hall–Kier alpha value is -1.75. The molecule has 2 aliphatic heterocycles. The van der Waals surface area contributed by atoms with Gasteiger partial charge in [-0.3, -0.25) is 0 Å². The second kappa shape index (κ2) is 9.84. The summed E-state index contributed by atoms with van der Waals surface area (Å²) in [6.07, 6.45) is 2.79. The van der Waals surface area contributed by atoms with Gasteiger partial charge in [-0.2, -0.15) is 10.5 Å². The van der Waals surface area contributed by atoms with E-state index < -0.39 is 0 Å². The lowest BCUT2D eigenvalue weighted by atomic mass is 9.97. The number of anilines is 1. The Morgan fingerprint density at radius 1 is 1.21 bits per heavy atom. The van der Waals surface area contributed by atoms with E-state index in [0.717, 1.165) is 55.6 Å². The Balaban J connectivity index is 0.000000298. The maximum Gasteiger partial charge on any atom is 0.229 e. The van der Waals surface area contributed by atoms with E-state index >= 15 is 0 Å². The average molecular weight is 422 g/mol. The number of hydrogen-bond acceptors (Lipinski definition) is 10. The summed E-state index contributed by atoms with van der Waals surface area (Å²) >= 11 is 1.88. The van der Waals surface area contributed by atoms with Crippen molar-refractivity contribution in [3.63, 3.8) is 0 Å². The van der Waals surface area contributed by atoms with Crippen LogP contribution in [0, 0.1) is 19.8 Å². The molecule has 4 heterocycles. The normalized spacial score (nSPS) is 17.8. The van der Waals surface area contributed by atoms with Crippen molar-refractivity contribution in [2.45, 2.75) is 63.9 Å². The van der Waals surface area contributed by atoms with Gasteiger partial charge in [0.2, 0.25) is 11.8 Å². The van der Waals surface area contributed by atoms with Crippen LogP contribution in [0.1, 0.15) is 55.7 Å². The lowest BCUT2D eigenvalue weighted by Crippen LogP contribution is -2.39. The molecule has 0 aliphatic carbocycles. The van der Waals surface area contributed by atoms with Gasteiger partial charge in [0.15, 0.2) is 5.82 Å². The van der Waals surface area contributed by atoms with Crippen LogP contribution in [-0.4, -0.2) is 50.3 Å². The van der Waals surface area contributed by atoms with Crippen LogP contribution < -0.4 is 16.1 Å². The molecule has 1 saturated heterocycles. The van der Waals surface area contributed by atoms with Crippen LogP contribution in [0.25, 0.3) is 0 Å². The summed E-state index contributed by atoms with van der Waals surface area (Å²) in [5.41, 5.74) is 9.54. The first-order valence-electron chi connectivity index (χ1n) is 10.1. The summed E-state index contributed by atoms with van der Waals surface area (Å²) in [4.78, 5) is 17.4. The van der Waals surface area contributed by atoms with Crippen molar-refractivity contribution in [2.75, 3.05) is 23.7 Å². The van der Waals surface area contributed by atoms with Gasteiger partial charge in [0.25, 0.3) is 0 Å². The highest BCUT2D eigenvalue weighted by Crippen LogP contribution is 2.34. The van der Waals surface area contributed by atoms with Crippen molar-refractivity contribution in [2.24, 2.45) is 11.7 Å². The molecule has 0 spiro atoms. The fourth-order valence-electron chi connectivity index (χ4n) is 3.31. The first-order chi connectivity index (χ1) is 13.9. The number of aryl methyl sites for hydroxylation is 3. The number of thioether (sulfide) groups is 1. The topological polar surface area (TPSA) is 126 Å². The number of nitrogens with zero attached hydrogens (tertiary/aromatic N) is 5. The predicted octanol–water partition coefficient (Wildman–Crippen LogP) is 2.41. The molecule has 10 heteroatoms. The first-order valence-corrected chi connectivity index (χ1v) is 11.1. The van der Waals surface area contributed by atoms with Crippen molar-refractivity contribution in [3.8, 4) is 0 Å². The Morgan fingerprint density at radius 2 is 1.93 bits per heavy atom. The molecule has 1 fully saturated rings. The van der Waals surface area contributed by atoms with E-state index in [1.165, 1.54) is 10.6 Å². The number of fused-ring (bicyclic) bond motifs is 1. The zero-order valence-electron chi connectivity index (χ0n) is 17.6. The molecular formula is C19H31N7O2S. The van der Waals surface area contributed by atoms with Crippen LogP contribution in [0.3, 0.4) is 0 Å². The highest BCUT2D eigenvalue weighted by Gasteiger charge is 2.27. The summed E-state index contributed by atoms with van der Waals surface area (Å²) in [6, 6.07) is 0. The first kappa shape index (κ1) is 21.9. The largest absolute Gasteiger partial charge is 0.341 e. The third-order valence-corrected chi connectivity index (χ3v) is 6.44. The molecule has 160 valence electrons. The van der Waals surface area contributed by atoms with Crippen LogP contribution in [0.5, 0.6) is 0 Å². The molecular weight excluding hydrogens is 390 g/mol. The highest BCUT2D eigenvalue weighted by atomic mass is 32.2. The van der Waals surface area contributed by atoms with E-state index in [2.05, 4.69) is 22.0 Å². The van der Waals surface area contributed by atoms with Crippen LogP contribution in [0.15, 0.2) is 9.42 Å². The van der Waals surface area contributed by atoms with E-state index in [-0.39, 0.29) is 12.1 Å². The molecule has 0 bridgehead atoms. The molecule has 0 saturated carbocycles. The summed E-state index contributed by atoms with van der Waals surface area (Å²) in [7, 11) is 0. The van der Waals surface area contributed by atoms with Crippen molar-refractivity contribution < 1.29 is 9.73 Å². The number of nitrogens with one attached hydrogen (secondary N) is 1. The molecule has 4 N–H and O–H groups in total. The summed E-state index contributed by atoms with van der Waals surface area (Å²) in [6.45, 7) is 9.69. The number of nitrogens with two attached hydrogens (primary N) is 1. The van der Waals surface area contributed by atoms with Gasteiger partial charge in [-0.25, -0.2) is 9.97 Å². The van der Waals surface area contributed by atoms with Crippen molar-refractivity contribution >= 4 is 17.7 Å². The van der Waals surface area contributed by atoms with E-state index in [9.17, 15) is 0 Å². The molecule has 0 amide bonds. The van der Waals surface area contributed by atoms with Gasteiger partial charge in [-0.15, -0.1) is 11.8 Å². The second-order valence-corrected chi connectivity index (χ2v) is 8.93. The molecule has 29 heavy (non-hydrogen) atoms. The second-order valence-electron chi connectivity index (χ2n) is 7.82. The summed E-state index contributed by atoms with van der Waals surface area (Å²) in [5, 5.41) is 12.0. The van der Waals surface area contributed by atoms with E-state index in [1.807, 2.05) is 38.0 Å². The van der Waals surface area contributed by atoms with Gasteiger partial charge in [0.1, 0.15) is 0 Å². The molecule has 2 aromatic heterocycles. The van der Waals surface area contributed by atoms with Gasteiger partial charge in [0.05, 0.1) is 22.4 Å². The lowest BCUT2D eigenvalue weighted by molar-refractivity contribution is 0.107. The smallest absolute Gasteiger partial charge is 0.229 e. The fraction of sp³-hybridized carbons (Fsp3) is 0.684. The quantitative estimate of drug-likeness (QED) is 0.500. The summed E-state index contributed by atoms with van der Waals surface area (Å²) in [5.74, 6) is 4.16. The van der Waals surface area contributed by atoms with Gasteiger partial charge < -0.3 is 20.4 Å². The molecule has 1 atom stereocenters. The minimum absolute atomic E-state index is 0.282. The minimum atomic E-state index is -0.292. The number of hydroxylamine groups is 1. The van der Waals surface area contributed by atoms with Gasteiger partial charge in [-0.1, -0.05) is 19.0 Å². The Kier molecular flexibility index (Phi) is 7.44. The maximum absolute atomic E-state index is 8.13. The van der Waals surface area contributed by atoms with Gasteiger partial charge >= 0.3 is 0 Å². The third kappa shape index (κ3) is 5.44. The van der Waals surface area contributed by atoms with Crippen molar-refractivity contribution in [1.82, 2.24) is 25.6 Å². The molecule has 4 rings (SSSR count). The molecule has 2 aliphatic rings. The van der Waals surface area contributed by atoms with Crippen LogP contribution in [0.4, 0.5) is 5.95 Å². The van der Waals surface area contributed by atoms with Gasteiger partial charge in [-0.05, 0) is 32.6 Å². The minimum Gasteiger partial charge on any atom is -0.341 e. The zero-order chi connectivity index (χ0) is 21.0. The average Bonchev–Trinajstić information content (AvgIpc) is 3.37. The van der Waals surface area contributed by atoms with Crippen molar-refractivity contribution in [3.05, 3.63) is 23.1 Å². The molecule has 1 unspecified atom stereocenters. The Labute approximate surface area is 175 Å². The fourth-order valence-corrected chi connectivity index (χ4v) is 4.38. The summed E-state index contributed by atoms with van der Waals surface area (Å²) < 4.78 is 5.31. The Bertz CT molecular complexity index is 806. The predicted molar refractivity (Wildman–Crippen MR) is 112 cm³/mol. The van der Waals surface area contributed by atoms with E-state index in [1.54, 1.807) is 0 Å². The molecule has 0 radical (unpaired) electrons. The van der Waals surface area contributed by atoms with E-state index in [0.29, 0.717) is 11.7 Å². The number of piperidine rings is 1. The Morgan fingerprint density at radius 3 is 2.48 bits per heavy atom. The standard InChI is InChI=1S/C15H19N5OS.C4H12N2O/c1-9-13-12(5-8-22-13)18-15(16-9)20-6-3-11(4-7-20)14-17-10(2)19-21-14;1-3(2)4(5)6-7/h11H,3-8H2,1-2H3;3-4,6-7H,5H2,1-2H3. The molecule has 9 nitrogen and oxygen atoms in total. The molecule has 2 aromatic rings.